The van der Waals surface area contributed by atoms with Crippen molar-refractivity contribution in [1.82, 2.24) is 14.8 Å². The molecule has 3 rings (SSSR count). The van der Waals surface area contributed by atoms with Gasteiger partial charge in [-0.25, -0.2) is 9.48 Å². The van der Waals surface area contributed by atoms with Gasteiger partial charge in [-0.3, -0.25) is 4.98 Å². The van der Waals surface area contributed by atoms with E-state index in [9.17, 15) is 4.79 Å². The monoisotopic (exact) mass is 319 g/mol. The Morgan fingerprint density at radius 1 is 1.29 bits per heavy atom. The van der Waals surface area contributed by atoms with Crippen LogP contribution in [0.5, 0.6) is 0 Å². The van der Waals surface area contributed by atoms with E-state index in [0.29, 0.717) is 4.34 Å². The summed E-state index contributed by atoms with van der Waals surface area (Å²) < 4.78 is 7.08. The van der Waals surface area contributed by atoms with E-state index < -0.39 is 5.97 Å². The number of nitrogens with zero attached hydrogens (tertiary/aromatic N) is 3. The molecular formula is C14H10ClN3O2S. The van der Waals surface area contributed by atoms with Crippen molar-refractivity contribution in [2.75, 3.05) is 7.11 Å². The Morgan fingerprint density at radius 3 is 2.67 bits per heavy atom. The molecular weight excluding hydrogens is 310 g/mol. The zero-order chi connectivity index (χ0) is 14.8. The van der Waals surface area contributed by atoms with Gasteiger partial charge in [-0.1, -0.05) is 11.6 Å². The van der Waals surface area contributed by atoms with Crippen LogP contribution in [0.25, 0.3) is 16.3 Å². The normalized spacial score (nSPS) is 10.6. The van der Waals surface area contributed by atoms with Gasteiger partial charge in [-0.15, -0.1) is 11.3 Å². The molecule has 3 heterocycles. The van der Waals surface area contributed by atoms with Crippen molar-refractivity contribution in [2.24, 2.45) is 0 Å². The van der Waals surface area contributed by atoms with E-state index in [1.807, 2.05) is 24.3 Å². The molecule has 0 aliphatic rings. The molecule has 3 aromatic heterocycles. The highest BCUT2D eigenvalue weighted by Crippen LogP contribution is 2.32. The van der Waals surface area contributed by atoms with E-state index in [4.69, 9.17) is 16.3 Å². The van der Waals surface area contributed by atoms with Crippen LogP contribution in [0.3, 0.4) is 0 Å². The maximum Gasteiger partial charge on any atom is 0.358 e. The Hall–Kier alpha value is -2.18. The van der Waals surface area contributed by atoms with Gasteiger partial charge in [0.25, 0.3) is 0 Å². The van der Waals surface area contributed by atoms with Gasteiger partial charge < -0.3 is 4.74 Å². The number of pyridine rings is 1. The van der Waals surface area contributed by atoms with Crippen molar-refractivity contribution in [3.8, 4) is 16.3 Å². The first kappa shape index (κ1) is 13.8. The number of aromatic nitrogens is 3. The Labute approximate surface area is 129 Å². The fourth-order valence-corrected chi connectivity index (χ4v) is 2.94. The van der Waals surface area contributed by atoms with Gasteiger partial charge in [0.1, 0.15) is 0 Å². The van der Waals surface area contributed by atoms with Crippen LogP contribution in [-0.4, -0.2) is 27.8 Å². The molecule has 3 aromatic rings. The SMILES string of the molecule is COC(=O)c1cc(-c2ccc(Cl)s2)n(-c2ccncc2)n1. The minimum absolute atomic E-state index is 0.244. The lowest BCUT2D eigenvalue weighted by Crippen LogP contribution is -2.04. The summed E-state index contributed by atoms with van der Waals surface area (Å²) in [5.74, 6) is -0.480. The number of methoxy groups -OCH3 is 1. The molecule has 5 nitrogen and oxygen atoms in total. The van der Waals surface area contributed by atoms with Crippen LogP contribution >= 0.6 is 22.9 Å². The predicted molar refractivity (Wildman–Crippen MR) is 81.0 cm³/mol. The minimum Gasteiger partial charge on any atom is -0.464 e. The molecule has 0 saturated heterocycles. The van der Waals surface area contributed by atoms with Crippen LogP contribution in [0.1, 0.15) is 10.5 Å². The standard InChI is InChI=1S/C14H10ClN3O2S/c1-20-14(19)10-8-11(12-2-3-13(15)21-12)18(17-10)9-4-6-16-7-5-9/h2-8H,1H3. The lowest BCUT2D eigenvalue weighted by Gasteiger charge is -2.04. The Balaban J connectivity index is 2.17. The first-order valence-corrected chi connectivity index (χ1v) is 7.23. The first-order chi connectivity index (χ1) is 10.2. The van der Waals surface area contributed by atoms with E-state index in [2.05, 4.69) is 10.1 Å². The number of thiophene rings is 1. The third kappa shape index (κ3) is 2.68. The molecule has 0 fully saturated rings. The number of carbonyl (C=O) groups excluding carboxylic acids is 1. The van der Waals surface area contributed by atoms with E-state index in [0.717, 1.165) is 16.3 Å². The Kier molecular flexibility index (Phi) is 3.72. The van der Waals surface area contributed by atoms with Crippen molar-refractivity contribution < 1.29 is 9.53 Å². The lowest BCUT2D eigenvalue weighted by molar-refractivity contribution is 0.0593. The highest BCUT2D eigenvalue weighted by Gasteiger charge is 2.18. The molecule has 0 atom stereocenters. The van der Waals surface area contributed by atoms with Crippen molar-refractivity contribution in [2.45, 2.75) is 0 Å². The summed E-state index contributed by atoms with van der Waals surface area (Å²) in [6.45, 7) is 0. The second-order valence-corrected chi connectivity index (χ2v) is 5.84. The van der Waals surface area contributed by atoms with Crippen LogP contribution < -0.4 is 0 Å². The molecule has 0 N–H and O–H groups in total. The number of ether oxygens (including phenoxy) is 1. The van der Waals surface area contributed by atoms with Gasteiger partial charge in [0.2, 0.25) is 0 Å². The van der Waals surface area contributed by atoms with Gasteiger partial charge in [0.15, 0.2) is 5.69 Å². The Bertz CT molecular complexity index is 783. The van der Waals surface area contributed by atoms with Crippen molar-refractivity contribution in [3.05, 3.63) is 52.8 Å². The maximum absolute atomic E-state index is 11.7. The number of esters is 1. The van der Waals surface area contributed by atoms with Gasteiger partial charge in [0.05, 0.1) is 27.7 Å². The molecule has 0 amide bonds. The van der Waals surface area contributed by atoms with Gasteiger partial charge in [0, 0.05) is 18.5 Å². The third-order valence-corrected chi connectivity index (χ3v) is 4.09. The van der Waals surface area contributed by atoms with E-state index >= 15 is 0 Å². The van der Waals surface area contributed by atoms with Crippen LogP contribution in [0, 0.1) is 0 Å². The topological polar surface area (TPSA) is 57.0 Å². The highest BCUT2D eigenvalue weighted by atomic mass is 35.5. The number of hydrogen-bond donors (Lipinski definition) is 0. The van der Waals surface area contributed by atoms with E-state index in [1.54, 1.807) is 23.1 Å². The molecule has 0 radical (unpaired) electrons. The summed E-state index contributed by atoms with van der Waals surface area (Å²) in [6.07, 6.45) is 3.33. The molecule has 0 aliphatic heterocycles. The van der Waals surface area contributed by atoms with Gasteiger partial charge >= 0.3 is 5.97 Å². The first-order valence-electron chi connectivity index (χ1n) is 6.03. The third-order valence-electron chi connectivity index (χ3n) is 2.84. The molecule has 0 aromatic carbocycles. The Morgan fingerprint density at radius 2 is 2.05 bits per heavy atom. The van der Waals surface area contributed by atoms with E-state index in [1.165, 1.54) is 18.4 Å². The summed E-state index contributed by atoms with van der Waals surface area (Å²) in [5.41, 5.74) is 1.83. The van der Waals surface area contributed by atoms with Crippen molar-refractivity contribution >= 4 is 28.9 Å². The quantitative estimate of drug-likeness (QED) is 0.694. The molecule has 0 unspecified atom stereocenters. The fraction of sp³-hybridized carbons (Fsp3) is 0.0714. The molecule has 106 valence electrons. The summed E-state index contributed by atoms with van der Waals surface area (Å²) in [6, 6.07) is 9.01. The second kappa shape index (κ2) is 5.67. The largest absolute Gasteiger partial charge is 0.464 e. The van der Waals surface area contributed by atoms with Crippen LogP contribution in [0.15, 0.2) is 42.7 Å². The summed E-state index contributed by atoms with van der Waals surface area (Å²) >= 11 is 7.41. The lowest BCUT2D eigenvalue weighted by atomic mass is 10.3. The average Bonchev–Trinajstić information content (AvgIpc) is 3.13. The molecule has 0 aliphatic carbocycles. The van der Waals surface area contributed by atoms with E-state index in [-0.39, 0.29) is 5.69 Å². The number of hydrogen-bond acceptors (Lipinski definition) is 5. The predicted octanol–water partition coefficient (Wildman–Crippen LogP) is 3.44. The fourth-order valence-electron chi connectivity index (χ4n) is 1.89. The van der Waals surface area contributed by atoms with Crippen molar-refractivity contribution in [3.63, 3.8) is 0 Å². The van der Waals surface area contributed by atoms with Gasteiger partial charge in [-0.2, -0.15) is 5.10 Å². The highest BCUT2D eigenvalue weighted by molar-refractivity contribution is 7.19. The maximum atomic E-state index is 11.7. The van der Waals surface area contributed by atoms with Crippen LogP contribution in [-0.2, 0) is 4.74 Å². The zero-order valence-electron chi connectivity index (χ0n) is 11.0. The molecule has 7 heteroatoms. The summed E-state index contributed by atoms with van der Waals surface area (Å²) in [7, 11) is 1.33. The molecule has 0 spiro atoms. The van der Waals surface area contributed by atoms with Gasteiger partial charge in [-0.05, 0) is 24.3 Å². The zero-order valence-corrected chi connectivity index (χ0v) is 12.6. The molecule has 0 bridgehead atoms. The molecule has 21 heavy (non-hydrogen) atoms. The smallest absolute Gasteiger partial charge is 0.358 e. The number of halogens is 1. The molecule has 0 saturated carbocycles. The second-order valence-electron chi connectivity index (χ2n) is 4.13. The summed E-state index contributed by atoms with van der Waals surface area (Å²) in [4.78, 5) is 16.6. The number of carbonyl (C=O) groups is 1. The minimum atomic E-state index is -0.480. The summed E-state index contributed by atoms with van der Waals surface area (Å²) in [5, 5.41) is 4.31. The number of rotatable bonds is 3. The van der Waals surface area contributed by atoms with Crippen molar-refractivity contribution in [1.29, 1.82) is 0 Å². The average molecular weight is 320 g/mol. The van der Waals surface area contributed by atoms with Crippen LogP contribution in [0.4, 0.5) is 0 Å². The van der Waals surface area contributed by atoms with Crippen LogP contribution in [0.2, 0.25) is 4.34 Å².